The number of nitrogens with one attached hydrogen (secondary N) is 1. The fourth-order valence-corrected chi connectivity index (χ4v) is 2.24. The summed E-state index contributed by atoms with van der Waals surface area (Å²) in [6.45, 7) is 8.40. The highest BCUT2D eigenvalue weighted by molar-refractivity contribution is 5.26. The molecule has 2 aromatic rings. The van der Waals surface area contributed by atoms with Gasteiger partial charge in [0.05, 0.1) is 12.6 Å². The molecule has 3 nitrogen and oxygen atoms in total. The molecule has 1 unspecified atom stereocenters. The molecule has 0 saturated carbocycles. The Labute approximate surface area is 115 Å². The number of rotatable bonds is 6. The molecule has 0 aliphatic carbocycles. The van der Waals surface area contributed by atoms with Gasteiger partial charge in [0.1, 0.15) is 0 Å². The smallest absolute Gasteiger partial charge is 0.0604 e. The lowest BCUT2D eigenvalue weighted by molar-refractivity contribution is 0.448. The average Bonchev–Trinajstić information content (AvgIpc) is 2.91. The van der Waals surface area contributed by atoms with E-state index in [2.05, 4.69) is 55.5 Å². The number of hydrogen-bond donors (Lipinski definition) is 1. The van der Waals surface area contributed by atoms with Gasteiger partial charge in [0.25, 0.3) is 0 Å². The van der Waals surface area contributed by atoms with Crippen molar-refractivity contribution in [2.24, 2.45) is 0 Å². The maximum Gasteiger partial charge on any atom is 0.0604 e. The van der Waals surface area contributed by atoms with Gasteiger partial charge in [-0.3, -0.25) is 4.68 Å². The molecule has 0 aliphatic heterocycles. The van der Waals surface area contributed by atoms with Gasteiger partial charge in [0.15, 0.2) is 0 Å². The molecule has 0 fully saturated rings. The van der Waals surface area contributed by atoms with Gasteiger partial charge in [-0.05, 0) is 29.7 Å². The van der Waals surface area contributed by atoms with Crippen LogP contribution in [0.4, 0.5) is 0 Å². The van der Waals surface area contributed by atoms with Gasteiger partial charge in [-0.15, -0.1) is 0 Å². The second-order valence-corrected chi connectivity index (χ2v) is 5.16. The van der Waals surface area contributed by atoms with Crippen LogP contribution in [-0.2, 0) is 6.54 Å². The summed E-state index contributed by atoms with van der Waals surface area (Å²) in [5.74, 6) is 0.581. The molecule has 1 atom stereocenters. The lowest BCUT2D eigenvalue weighted by atomic mass is 9.99. The third-order valence-corrected chi connectivity index (χ3v) is 3.38. The van der Waals surface area contributed by atoms with Crippen LogP contribution in [0.2, 0.25) is 0 Å². The van der Waals surface area contributed by atoms with Crippen LogP contribution >= 0.6 is 0 Å². The predicted octanol–water partition coefficient (Wildman–Crippen LogP) is 3.36. The molecule has 102 valence electrons. The van der Waals surface area contributed by atoms with Crippen LogP contribution in [0.15, 0.2) is 42.7 Å². The van der Waals surface area contributed by atoms with Crippen molar-refractivity contribution in [1.29, 1.82) is 0 Å². The lowest BCUT2D eigenvalue weighted by Crippen LogP contribution is -2.25. The standard InChI is InChI=1S/C16H23N3/c1-4-17-16(12-19-11-5-10-18-19)15-8-6-14(7-9-15)13(2)3/h5-11,13,16-17H,4,12H2,1-3H3. The molecule has 0 amide bonds. The molecule has 0 radical (unpaired) electrons. The zero-order chi connectivity index (χ0) is 13.7. The molecule has 1 aromatic carbocycles. The van der Waals surface area contributed by atoms with E-state index in [9.17, 15) is 0 Å². The van der Waals surface area contributed by atoms with Crippen LogP contribution in [0, 0.1) is 0 Å². The van der Waals surface area contributed by atoms with Crippen molar-refractivity contribution < 1.29 is 0 Å². The molecule has 3 heteroatoms. The van der Waals surface area contributed by atoms with E-state index in [1.54, 1.807) is 0 Å². The number of hydrogen-bond acceptors (Lipinski definition) is 2. The fraction of sp³-hybridized carbons (Fsp3) is 0.438. The molecule has 0 aliphatic rings. The Morgan fingerprint density at radius 2 is 1.84 bits per heavy atom. The minimum atomic E-state index is 0.311. The van der Waals surface area contributed by atoms with Crippen LogP contribution in [0.1, 0.15) is 43.9 Å². The van der Waals surface area contributed by atoms with Crippen molar-refractivity contribution in [2.75, 3.05) is 6.54 Å². The molecular formula is C16H23N3. The summed E-state index contributed by atoms with van der Waals surface area (Å²) in [5, 5.41) is 7.81. The molecule has 1 heterocycles. The van der Waals surface area contributed by atoms with Crippen LogP contribution in [-0.4, -0.2) is 16.3 Å². The van der Waals surface area contributed by atoms with Gasteiger partial charge in [-0.2, -0.15) is 5.10 Å². The minimum absolute atomic E-state index is 0.311. The van der Waals surface area contributed by atoms with Gasteiger partial charge >= 0.3 is 0 Å². The third-order valence-electron chi connectivity index (χ3n) is 3.38. The fourth-order valence-electron chi connectivity index (χ4n) is 2.24. The third kappa shape index (κ3) is 3.67. The molecule has 1 N–H and O–H groups in total. The SMILES string of the molecule is CCNC(Cn1cccn1)c1ccc(C(C)C)cc1. The van der Waals surface area contributed by atoms with Crippen molar-refractivity contribution in [3.8, 4) is 0 Å². The van der Waals surface area contributed by atoms with Crippen molar-refractivity contribution in [2.45, 2.75) is 39.3 Å². The zero-order valence-electron chi connectivity index (χ0n) is 12.0. The van der Waals surface area contributed by atoms with Gasteiger partial charge in [-0.1, -0.05) is 45.0 Å². The summed E-state index contributed by atoms with van der Waals surface area (Å²) in [6, 6.07) is 11.2. The Kier molecular flexibility index (Phi) is 4.74. The summed E-state index contributed by atoms with van der Waals surface area (Å²) in [5.41, 5.74) is 2.71. The monoisotopic (exact) mass is 257 g/mol. The second kappa shape index (κ2) is 6.53. The van der Waals surface area contributed by atoms with Crippen LogP contribution in [0.5, 0.6) is 0 Å². The first-order valence-corrected chi connectivity index (χ1v) is 7.01. The minimum Gasteiger partial charge on any atom is -0.309 e. The number of benzene rings is 1. The second-order valence-electron chi connectivity index (χ2n) is 5.16. The summed E-state index contributed by atoms with van der Waals surface area (Å²) >= 11 is 0. The molecule has 2 rings (SSSR count). The zero-order valence-corrected chi connectivity index (χ0v) is 12.0. The summed E-state index contributed by atoms with van der Waals surface area (Å²) in [7, 11) is 0. The van der Waals surface area contributed by atoms with Crippen molar-refractivity contribution in [1.82, 2.24) is 15.1 Å². The first-order chi connectivity index (χ1) is 9.20. The van der Waals surface area contributed by atoms with E-state index < -0.39 is 0 Å². The summed E-state index contributed by atoms with van der Waals surface area (Å²) < 4.78 is 1.98. The van der Waals surface area contributed by atoms with Crippen LogP contribution < -0.4 is 5.32 Å². The van der Waals surface area contributed by atoms with E-state index in [1.807, 2.05) is 23.1 Å². The van der Waals surface area contributed by atoms with E-state index in [-0.39, 0.29) is 0 Å². The maximum absolute atomic E-state index is 4.29. The molecule has 0 bridgehead atoms. The highest BCUT2D eigenvalue weighted by atomic mass is 15.3. The molecule has 1 aromatic heterocycles. The Morgan fingerprint density at radius 1 is 1.16 bits per heavy atom. The van der Waals surface area contributed by atoms with E-state index in [0.717, 1.165) is 13.1 Å². The van der Waals surface area contributed by atoms with E-state index in [1.165, 1.54) is 11.1 Å². The van der Waals surface area contributed by atoms with Crippen molar-refractivity contribution in [3.05, 3.63) is 53.9 Å². The van der Waals surface area contributed by atoms with Crippen LogP contribution in [0.25, 0.3) is 0 Å². The Morgan fingerprint density at radius 3 is 2.37 bits per heavy atom. The topological polar surface area (TPSA) is 29.9 Å². The molecule has 0 spiro atoms. The average molecular weight is 257 g/mol. The van der Waals surface area contributed by atoms with Gasteiger partial charge in [0.2, 0.25) is 0 Å². The number of nitrogens with zero attached hydrogens (tertiary/aromatic N) is 2. The Hall–Kier alpha value is -1.61. The normalized spacial score (nSPS) is 12.8. The molecule has 0 saturated heterocycles. The van der Waals surface area contributed by atoms with E-state index in [4.69, 9.17) is 0 Å². The van der Waals surface area contributed by atoms with Crippen molar-refractivity contribution in [3.63, 3.8) is 0 Å². The Bertz CT molecular complexity index is 471. The highest BCUT2D eigenvalue weighted by Crippen LogP contribution is 2.19. The quantitative estimate of drug-likeness (QED) is 0.860. The van der Waals surface area contributed by atoms with Gasteiger partial charge in [-0.25, -0.2) is 0 Å². The first-order valence-electron chi connectivity index (χ1n) is 7.01. The van der Waals surface area contributed by atoms with Crippen LogP contribution in [0.3, 0.4) is 0 Å². The molecular weight excluding hydrogens is 234 g/mol. The Balaban J connectivity index is 2.13. The summed E-state index contributed by atoms with van der Waals surface area (Å²) in [4.78, 5) is 0. The maximum atomic E-state index is 4.29. The largest absolute Gasteiger partial charge is 0.309 e. The molecule has 19 heavy (non-hydrogen) atoms. The number of aromatic nitrogens is 2. The number of likely N-dealkylation sites (N-methyl/N-ethyl adjacent to an activating group) is 1. The highest BCUT2D eigenvalue weighted by Gasteiger charge is 2.11. The van der Waals surface area contributed by atoms with E-state index >= 15 is 0 Å². The predicted molar refractivity (Wildman–Crippen MR) is 79.2 cm³/mol. The van der Waals surface area contributed by atoms with E-state index in [0.29, 0.717) is 12.0 Å². The first kappa shape index (κ1) is 13.8. The van der Waals surface area contributed by atoms with Gasteiger partial charge in [0, 0.05) is 12.4 Å². The lowest BCUT2D eigenvalue weighted by Gasteiger charge is -2.19. The summed E-state index contributed by atoms with van der Waals surface area (Å²) in [6.07, 6.45) is 3.83. The van der Waals surface area contributed by atoms with Crippen molar-refractivity contribution >= 4 is 0 Å². The van der Waals surface area contributed by atoms with Gasteiger partial charge < -0.3 is 5.32 Å².